The summed E-state index contributed by atoms with van der Waals surface area (Å²) in [6.45, 7) is 3.74. The molecule has 0 aliphatic carbocycles. The van der Waals surface area contributed by atoms with Crippen LogP contribution in [0.4, 0.5) is 5.82 Å². The summed E-state index contributed by atoms with van der Waals surface area (Å²) in [7, 11) is 1.59. The van der Waals surface area contributed by atoms with Crippen molar-refractivity contribution in [2.75, 3.05) is 37.4 Å². The third-order valence-corrected chi connectivity index (χ3v) is 8.38. The first-order valence-electron chi connectivity index (χ1n) is 14.1. The zero-order valence-electron chi connectivity index (χ0n) is 24.2. The lowest BCUT2D eigenvalue weighted by Crippen LogP contribution is -2.54. The molecule has 10 heteroatoms. The van der Waals surface area contributed by atoms with E-state index in [2.05, 4.69) is 27.3 Å². The summed E-state index contributed by atoms with van der Waals surface area (Å²) >= 11 is 7.64. The van der Waals surface area contributed by atoms with Crippen LogP contribution in [0, 0.1) is 0 Å². The smallest absolute Gasteiger partial charge is 0.254 e. The summed E-state index contributed by atoms with van der Waals surface area (Å²) in [4.78, 5) is 39.3. The van der Waals surface area contributed by atoms with Crippen LogP contribution in [0.2, 0.25) is 5.15 Å². The molecule has 1 aliphatic rings. The number of methoxy groups -OCH3 is 1. The van der Waals surface area contributed by atoms with Gasteiger partial charge in [0.1, 0.15) is 16.7 Å². The van der Waals surface area contributed by atoms with Gasteiger partial charge in [-0.15, -0.1) is 0 Å². The van der Waals surface area contributed by atoms with E-state index in [4.69, 9.17) is 21.3 Å². The maximum Gasteiger partial charge on any atom is 0.254 e. The number of nitrogens with one attached hydrogen (secondary N) is 1. The SMILES string of the molecule is COc1cccc(C(=O)N2CCN(c3cc(Cl)nc(SCC(=O)NC(Cc4ccccc4)c4ccccc4)n3)CC2C)c1. The Labute approximate surface area is 261 Å². The second kappa shape index (κ2) is 14.4. The van der Waals surface area contributed by atoms with Crippen LogP contribution in [0.5, 0.6) is 5.75 Å². The molecule has 4 aromatic rings. The number of anilines is 1. The number of hydrogen-bond acceptors (Lipinski definition) is 7. The van der Waals surface area contributed by atoms with Gasteiger partial charge in [0, 0.05) is 37.3 Å². The summed E-state index contributed by atoms with van der Waals surface area (Å²) < 4.78 is 5.28. The lowest BCUT2D eigenvalue weighted by molar-refractivity contribution is -0.119. The lowest BCUT2D eigenvalue weighted by Gasteiger charge is -2.40. The topological polar surface area (TPSA) is 87.7 Å². The van der Waals surface area contributed by atoms with Crippen LogP contribution in [0.3, 0.4) is 0 Å². The Hall–Kier alpha value is -4.08. The quantitative estimate of drug-likeness (QED) is 0.139. The number of hydrogen-bond donors (Lipinski definition) is 1. The molecule has 43 heavy (non-hydrogen) atoms. The fraction of sp³-hybridized carbons (Fsp3) is 0.273. The highest BCUT2D eigenvalue weighted by molar-refractivity contribution is 7.99. The molecule has 2 unspecified atom stereocenters. The largest absolute Gasteiger partial charge is 0.497 e. The molecule has 3 aromatic carbocycles. The van der Waals surface area contributed by atoms with E-state index in [1.165, 1.54) is 11.8 Å². The molecule has 222 valence electrons. The maximum absolute atomic E-state index is 13.2. The summed E-state index contributed by atoms with van der Waals surface area (Å²) in [6.07, 6.45) is 0.684. The van der Waals surface area contributed by atoms with Gasteiger partial charge in [-0.05, 0) is 42.7 Å². The number of carbonyl (C=O) groups is 2. The van der Waals surface area contributed by atoms with Gasteiger partial charge < -0.3 is 19.9 Å². The van der Waals surface area contributed by atoms with Crippen molar-refractivity contribution < 1.29 is 14.3 Å². The summed E-state index contributed by atoms with van der Waals surface area (Å²) in [5.74, 6) is 1.33. The van der Waals surface area contributed by atoms with E-state index in [0.717, 1.165) is 11.1 Å². The summed E-state index contributed by atoms with van der Waals surface area (Å²) in [5.41, 5.74) is 2.79. The molecule has 1 aliphatic heterocycles. The molecule has 8 nitrogen and oxygen atoms in total. The van der Waals surface area contributed by atoms with Gasteiger partial charge in [-0.25, -0.2) is 9.97 Å². The molecule has 1 aromatic heterocycles. The molecule has 1 fully saturated rings. The molecule has 0 saturated carbocycles. The number of nitrogens with zero attached hydrogens (tertiary/aromatic N) is 4. The minimum absolute atomic E-state index is 0.0323. The first-order chi connectivity index (χ1) is 20.9. The van der Waals surface area contributed by atoms with Gasteiger partial charge in [-0.3, -0.25) is 9.59 Å². The fourth-order valence-electron chi connectivity index (χ4n) is 5.15. The number of amides is 2. The summed E-state index contributed by atoms with van der Waals surface area (Å²) in [6, 6.07) is 28.8. The number of aromatic nitrogens is 2. The Morgan fingerprint density at radius 1 is 1.00 bits per heavy atom. The minimum Gasteiger partial charge on any atom is -0.497 e. The summed E-state index contributed by atoms with van der Waals surface area (Å²) in [5, 5.41) is 3.92. The molecule has 2 heterocycles. The molecule has 0 spiro atoms. The fourth-order valence-corrected chi connectivity index (χ4v) is 6.05. The average molecular weight is 616 g/mol. The van der Waals surface area contributed by atoms with Crippen LogP contribution < -0.4 is 15.0 Å². The Morgan fingerprint density at radius 2 is 1.74 bits per heavy atom. The normalized spacial score (nSPS) is 15.6. The monoisotopic (exact) mass is 615 g/mol. The zero-order valence-corrected chi connectivity index (χ0v) is 25.7. The van der Waals surface area contributed by atoms with Crippen molar-refractivity contribution in [2.24, 2.45) is 0 Å². The Balaban J connectivity index is 1.21. The maximum atomic E-state index is 13.2. The standard InChI is InChI=1S/C33H34ClN5O3S/c1-23-21-38(16-17-39(23)32(41)26-14-9-15-27(19-26)42-2)30-20-29(34)36-33(37-30)43-22-31(40)35-28(25-12-7-4-8-13-25)18-24-10-5-3-6-11-24/h3-15,19-20,23,28H,16-18,21-22H2,1-2H3,(H,35,40). The third-order valence-electron chi connectivity index (χ3n) is 7.34. The van der Waals surface area contributed by atoms with E-state index in [1.807, 2.05) is 72.5 Å². The second-order valence-corrected chi connectivity index (χ2v) is 11.7. The first-order valence-corrected chi connectivity index (χ1v) is 15.5. The van der Waals surface area contributed by atoms with E-state index < -0.39 is 0 Å². The van der Waals surface area contributed by atoms with Gasteiger partial charge in [-0.1, -0.05) is 90.1 Å². The van der Waals surface area contributed by atoms with Crippen molar-refractivity contribution in [1.29, 1.82) is 0 Å². The average Bonchev–Trinajstić information content (AvgIpc) is 3.04. The molecule has 0 radical (unpaired) electrons. The first kappa shape index (κ1) is 30.4. The second-order valence-electron chi connectivity index (χ2n) is 10.4. The highest BCUT2D eigenvalue weighted by Crippen LogP contribution is 2.26. The van der Waals surface area contributed by atoms with E-state index in [0.29, 0.717) is 53.5 Å². The van der Waals surface area contributed by atoms with Crippen LogP contribution in [-0.4, -0.2) is 65.2 Å². The molecule has 2 amide bonds. The Kier molecular flexibility index (Phi) is 10.2. The van der Waals surface area contributed by atoms with E-state index >= 15 is 0 Å². The number of carbonyl (C=O) groups excluding carboxylic acids is 2. The van der Waals surface area contributed by atoms with Gasteiger partial charge in [-0.2, -0.15) is 0 Å². The molecular weight excluding hydrogens is 582 g/mol. The highest BCUT2D eigenvalue weighted by atomic mass is 35.5. The Morgan fingerprint density at radius 3 is 2.47 bits per heavy atom. The molecule has 2 atom stereocenters. The van der Waals surface area contributed by atoms with Crippen molar-refractivity contribution in [1.82, 2.24) is 20.2 Å². The predicted molar refractivity (Wildman–Crippen MR) is 171 cm³/mol. The molecule has 0 bridgehead atoms. The van der Waals surface area contributed by atoms with Gasteiger partial charge in [0.2, 0.25) is 5.91 Å². The van der Waals surface area contributed by atoms with E-state index in [-0.39, 0.29) is 29.7 Å². The van der Waals surface area contributed by atoms with Crippen LogP contribution in [0.25, 0.3) is 0 Å². The van der Waals surface area contributed by atoms with Crippen LogP contribution in [0.1, 0.15) is 34.5 Å². The molecule has 5 rings (SSSR count). The number of ether oxygens (including phenoxy) is 1. The van der Waals surface area contributed by atoms with Crippen LogP contribution in [0.15, 0.2) is 96.2 Å². The number of piperazine rings is 1. The highest BCUT2D eigenvalue weighted by Gasteiger charge is 2.29. The van der Waals surface area contributed by atoms with Crippen LogP contribution in [-0.2, 0) is 11.2 Å². The minimum atomic E-state index is -0.162. The number of rotatable bonds is 10. The van der Waals surface area contributed by atoms with Gasteiger partial charge >= 0.3 is 0 Å². The van der Waals surface area contributed by atoms with Gasteiger partial charge in [0.15, 0.2) is 5.16 Å². The van der Waals surface area contributed by atoms with Crippen molar-refractivity contribution in [3.8, 4) is 5.75 Å². The lowest BCUT2D eigenvalue weighted by atomic mass is 9.99. The van der Waals surface area contributed by atoms with E-state index in [9.17, 15) is 9.59 Å². The Bertz CT molecular complexity index is 1540. The number of thioether (sulfide) groups is 1. The van der Waals surface area contributed by atoms with Crippen molar-refractivity contribution in [3.05, 3.63) is 113 Å². The van der Waals surface area contributed by atoms with Crippen LogP contribution >= 0.6 is 23.4 Å². The molecule has 1 saturated heterocycles. The predicted octanol–water partition coefficient (Wildman–Crippen LogP) is 5.68. The van der Waals surface area contributed by atoms with E-state index in [1.54, 1.807) is 25.3 Å². The van der Waals surface area contributed by atoms with Crippen molar-refractivity contribution in [2.45, 2.75) is 30.6 Å². The van der Waals surface area contributed by atoms with Gasteiger partial charge in [0.05, 0.1) is 18.9 Å². The number of halogens is 1. The van der Waals surface area contributed by atoms with Crippen molar-refractivity contribution in [3.63, 3.8) is 0 Å². The third kappa shape index (κ3) is 8.06. The number of benzene rings is 3. The van der Waals surface area contributed by atoms with Gasteiger partial charge in [0.25, 0.3) is 5.91 Å². The zero-order chi connectivity index (χ0) is 30.2. The molecule has 1 N–H and O–H groups in total. The van der Waals surface area contributed by atoms with Crippen molar-refractivity contribution >= 4 is 41.0 Å². The molecular formula is C33H34ClN5O3S.